The molecule has 0 atom stereocenters. The van der Waals surface area contributed by atoms with Crippen LogP contribution >= 0.6 is 0 Å². The van der Waals surface area contributed by atoms with Crippen molar-refractivity contribution >= 4 is 17.7 Å². The number of H-pyrrole nitrogens is 1. The van der Waals surface area contributed by atoms with E-state index in [9.17, 15) is 4.79 Å². The minimum Gasteiger partial charge on any atom is -0.292 e. The second kappa shape index (κ2) is 6.95. The van der Waals surface area contributed by atoms with E-state index in [4.69, 9.17) is 0 Å². The van der Waals surface area contributed by atoms with Gasteiger partial charge in [0, 0.05) is 37.1 Å². The van der Waals surface area contributed by atoms with Crippen LogP contribution in [0.5, 0.6) is 0 Å². The zero-order valence-electron chi connectivity index (χ0n) is 13.6. The summed E-state index contributed by atoms with van der Waals surface area (Å²) in [4.78, 5) is 16.1. The molecule has 0 aromatic carbocycles. The Bertz CT molecular complexity index is 822. The molecule has 0 aliphatic rings. The molecule has 3 N–H and O–H groups in total. The van der Waals surface area contributed by atoms with Gasteiger partial charge in [-0.1, -0.05) is 13.3 Å². The third-order valence-corrected chi connectivity index (χ3v) is 3.49. The van der Waals surface area contributed by atoms with E-state index in [1.54, 1.807) is 30.2 Å². The van der Waals surface area contributed by atoms with Crippen molar-refractivity contribution in [2.24, 2.45) is 7.05 Å². The average molecular weight is 325 g/mol. The highest BCUT2D eigenvalue weighted by molar-refractivity contribution is 5.98. The third-order valence-electron chi connectivity index (χ3n) is 3.49. The van der Waals surface area contributed by atoms with Crippen molar-refractivity contribution in [3.63, 3.8) is 0 Å². The van der Waals surface area contributed by atoms with Gasteiger partial charge in [0.05, 0.1) is 11.4 Å². The maximum Gasteiger partial charge on any atom is 0.326 e. The van der Waals surface area contributed by atoms with Gasteiger partial charge in [-0.15, -0.1) is 0 Å². The molecule has 0 unspecified atom stereocenters. The summed E-state index contributed by atoms with van der Waals surface area (Å²) in [6, 6.07) is 7.00. The van der Waals surface area contributed by atoms with Crippen LogP contribution in [0.4, 0.5) is 16.4 Å². The van der Waals surface area contributed by atoms with Gasteiger partial charge in [0.15, 0.2) is 5.82 Å². The van der Waals surface area contributed by atoms with Crippen LogP contribution in [0.15, 0.2) is 36.7 Å². The number of anilines is 2. The highest BCUT2D eigenvalue weighted by atomic mass is 16.2. The van der Waals surface area contributed by atoms with Gasteiger partial charge in [0.1, 0.15) is 5.82 Å². The largest absolute Gasteiger partial charge is 0.326 e. The summed E-state index contributed by atoms with van der Waals surface area (Å²) in [5.41, 5.74) is 2.70. The lowest BCUT2D eigenvalue weighted by Gasteiger charge is -2.04. The molecule has 3 heterocycles. The molecule has 0 aliphatic heterocycles. The molecule has 0 saturated heterocycles. The number of carbonyl (C=O) groups is 1. The Labute approximate surface area is 139 Å². The van der Waals surface area contributed by atoms with Crippen LogP contribution in [0.25, 0.3) is 11.3 Å². The number of aromatic amines is 1. The Hall–Kier alpha value is -3.16. The molecule has 0 spiro atoms. The molecule has 8 nitrogen and oxygen atoms in total. The molecule has 0 saturated carbocycles. The third kappa shape index (κ3) is 3.60. The lowest BCUT2D eigenvalue weighted by Crippen LogP contribution is -2.21. The van der Waals surface area contributed by atoms with Crippen LogP contribution in [0.1, 0.15) is 19.0 Å². The first kappa shape index (κ1) is 15.7. The summed E-state index contributed by atoms with van der Waals surface area (Å²) in [5, 5.41) is 16.8. The Morgan fingerprint density at radius 3 is 2.79 bits per heavy atom. The smallest absolute Gasteiger partial charge is 0.292 e. The van der Waals surface area contributed by atoms with E-state index in [1.807, 2.05) is 18.2 Å². The molecular formula is C16H19N7O. The van der Waals surface area contributed by atoms with Crippen molar-refractivity contribution in [2.45, 2.75) is 19.8 Å². The van der Waals surface area contributed by atoms with E-state index < -0.39 is 0 Å². The highest BCUT2D eigenvalue weighted by Gasteiger charge is 2.10. The van der Waals surface area contributed by atoms with Crippen molar-refractivity contribution in [1.29, 1.82) is 0 Å². The molecule has 3 aromatic heterocycles. The Balaban J connectivity index is 1.64. The van der Waals surface area contributed by atoms with Crippen LogP contribution < -0.4 is 10.6 Å². The Kier molecular flexibility index (Phi) is 4.55. The summed E-state index contributed by atoms with van der Waals surface area (Å²) < 4.78 is 1.65. The fraction of sp³-hybridized carbons (Fsp3) is 0.250. The first-order valence-electron chi connectivity index (χ1n) is 7.72. The summed E-state index contributed by atoms with van der Waals surface area (Å²) in [6.45, 7) is 2.09. The first-order valence-corrected chi connectivity index (χ1v) is 7.72. The highest BCUT2D eigenvalue weighted by Crippen LogP contribution is 2.18. The summed E-state index contributed by atoms with van der Waals surface area (Å²) >= 11 is 0. The molecule has 0 bridgehead atoms. The number of urea groups is 1. The molecule has 0 fully saturated rings. The predicted octanol–water partition coefficient (Wildman–Crippen LogP) is 2.80. The lowest BCUT2D eigenvalue weighted by atomic mass is 10.2. The number of aryl methyl sites for hydroxylation is 2. The van der Waals surface area contributed by atoms with E-state index in [1.165, 1.54) is 0 Å². The monoisotopic (exact) mass is 325 g/mol. The maximum absolute atomic E-state index is 12.1. The number of rotatable bonds is 5. The van der Waals surface area contributed by atoms with Gasteiger partial charge in [0.2, 0.25) is 0 Å². The van der Waals surface area contributed by atoms with Crippen LogP contribution in [-0.4, -0.2) is 31.0 Å². The van der Waals surface area contributed by atoms with Crippen LogP contribution in [-0.2, 0) is 13.5 Å². The SMILES string of the molecule is CCCc1cc(NC(=O)Nc2cc(-c3ccncc3)[nH]n2)n(C)n1. The Morgan fingerprint density at radius 1 is 1.25 bits per heavy atom. The van der Waals surface area contributed by atoms with E-state index in [2.05, 4.69) is 37.8 Å². The minimum absolute atomic E-state index is 0.367. The molecule has 3 rings (SSSR count). The number of hydrogen-bond donors (Lipinski definition) is 3. The number of pyridine rings is 1. The zero-order valence-corrected chi connectivity index (χ0v) is 13.6. The van der Waals surface area contributed by atoms with Gasteiger partial charge in [0.25, 0.3) is 0 Å². The number of nitrogens with zero attached hydrogens (tertiary/aromatic N) is 4. The Morgan fingerprint density at radius 2 is 2.04 bits per heavy atom. The second-order valence-corrected chi connectivity index (χ2v) is 5.38. The van der Waals surface area contributed by atoms with Crippen molar-refractivity contribution < 1.29 is 4.79 Å². The molecular weight excluding hydrogens is 306 g/mol. The molecule has 0 radical (unpaired) electrons. The molecule has 24 heavy (non-hydrogen) atoms. The fourth-order valence-corrected chi connectivity index (χ4v) is 2.35. The van der Waals surface area contributed by atoms with E-state index in [0.717, 1.165) is 29.8 Å². The van der Waals surface area contributed by atoms with Gasteiger partial charge in [-0.25, -0.2) is 4.79 Å². The summed E-state index contributed by atoms with van der Waals surface area (Å²) in [5.74, 6) is 1.08. The van der Waals surface area contributed by atoms with Crippen LogP contribution in [0.3, 0.4) is 0 Å². The number of aromatic nitrogens is 5. The number of carbonyl (C=O) groups excluding carboxylic acids is 1. The first-order chi connectivity index (χ1) is 11.7. The summed E-state index contributed by atoms with van der Waals surface area (Å²) in [6.07, 6.45) is 5.29. The van der Waals surface area contributed by atoms with Gasteiger partial charge in [-0.3, -0.25) is 25.4 Å². The van der Waals surface area contributed by atoms with Crippen LogP contribution in [0.2, 0.25) is 0 Å². The zero-order chi connectivity index (χ0) is 16.9. The van der Waals surface area contributed by atoms with Crippen molar-refractivity contribution in [3.05, 3.63) is 42.4 Å². The van der Waals surface area contributed by atoms with Gasteiger partial charge in [-0.2, -0.15) is 10.2 Å². The summed E-state index contributed by atoms with van der Waals surface area (Å²) in [7, 11) is 1.80. The number of hydrogen-bond acceptors (Lipinski definition) is 4. The van der Waals surface area contributed by atoms with E-state index in [-0.39, 0.29) is 6.03 Å². The topological polar surface area (TPSA) is 101 Å². The maximum atomic E-state index is 12.1. The standard InChI is InChI=1S/C16H19N7O/c1-3-4-12-9-15(23(2)22-12)19-16(24)18-14-10-13(20-21-14)11-5-7-17-8-6-11/h5-10H,3-4H2,1-2H3,(H3,18,19,20,21,24). The number of amides is 2. The number of nitrogens with one attached hydrogen (secondary N) is 3. The van der Waals surface area contributed by atoms with Gasteiger partial charge in [-0.05, 0) is 18.6 Å². The minimum atomic E-state index is -0.367. The molecule has 3 aromatic rings. The average Bonchev–Trinajstić information content (AvgIpc) is 3.16. The molecule has 0 aliphatic carbocycles. The predicted molar refractivity (Wildman–Crippen MR) is 91.7 cm³/mol. The van der Waals surface area contributed by atoms with Crippen molar-refractivity contribution in [2.75, 3.05) is 10.6 Å². The molecule has 2 amide bonds. The van der Waals surface area contributed by atoms with Crippen molar-refractivity contribution in [1.82, 2.24) is 25.0 Å². The quantitative estimate of drug-likeness (QED) is 0.671. The van der Waals surface area contributed by atoms with E-state index in [0.29, 0.717) is 11.6 Å². The molecule has 124 valence electrons. The fourth-order valence-electron chi connectivity index (χ4n) is 2.35. The van der Waals surface area contributed by atoms with Gasteiger partial charge < -0.3 is 0 Å². The normalized spacial score (nSPS) is 10.6. The van der Waals surface area contributed by atoms with Crippen LogP contribution in [0, 0.1) is 0 Å². The second-order valence-electron chi connectivity index (χ2n) is 5.38. The van der Waals surface area contributed by atoms with E-state index >= 15 is 0 Å². The van der Waals surface area contributed by atoms with Crippen molar-refractivity contribution in [3.8, 4) is 11.3 Å². The lowest BCUT2D eigenvalue weighted by molar-refractivity contribution is 0.262. The molecule has 8 heteroatoms. The van der Waals surface area contributed by atoms with Gasteiger partial charge >= 0.3 is 6.03 Å².